The molecule has 1 saturated heterocycles. The molecule has 0 aromatic carbocycles. The fourth-order valence-corrected chi connectivity index (χ4v) is 4.30. The quantitative estimate of drug-likeness (QED) is 0.778. The number of hydrogen-bond donors (Lipinski definition) is 1. The van der Waals surface area contributed by atoms with Gasteiger partial charge in [-0.3, -0.25) is 9.48 Å². The highest BCUT2D eigenvalue weighted by atomic mass is 32.1. The molecule has 1 N–H and O–H groups in total. The van der Waals surface area contributed by atoms with Gasteiger partial charge in [-0.15, -0.1) is 11.3 Å². The Morgan fingerprint density at radius 2 is 2.28 bits per heavy atom. The molecule has 0 radical (unpaired) electrons. The minimum absolute atomic E-state index is 0.0697. The largest absolute Gasteiger partial charge is 0.353 e. The zero-order chi connectivity index (χ0) is 17.4. The molecule has 8 heteroatoms. The summed E-state index contributed by atoms with van der Waals surface area (Å²) < 4.78 is 2.76. The Labute approximate surface area is 149 Å². The Hall–Kier alpha value is -2.48. The Balaban J connectivity index is 1.51. The third-order valence-electron chi connectivity index (χ3n) is 4.54. The molecule has 1 fully saturated rings. The van der Waals surface area contributed by atoms with Gasteiger partial charge in [0.05, 0.1) is 22.0 Å². The number of anilines is 1. The molecule has 0 bridgehead atoms. The number of rotatable bonds is 3. The summed E-state index contributed by atoms with van der Waals surface area (Å²) in [4.78, 5) is 23.6. The van der Waals surface area contributed by atoms with Crippen molar-refractivity contribution >= 4 is 33.3 Å². The Kier molecular flexibility index (Phi) is 4.12. The normalized spacial score (nSPS) is 17.8. The summed E-state index contributed by atoms with van der Waals surface area (Å²) in [6, 6.07) is 0.104. The monoisotopic (exact) mass is 356 g/mol. The third kappa shape index (κ3) is 3.09. The van der Waals surface area contributed by atoms with E-state index in [1.807, 2.05) is 7.05 Å². The SMILES string of the molecule is Cc1csc2c(N3CCCC(NC(=O)c4cnn(C)c4)C3)ncnc12. The van der Waals surface area contributed by atoms with Gasteiger partial charge >= 0.3 is 0 Å². The second kappa shape index (κ2) is 6.44. The van der Waals surface area contributed by atoms with Gasteiger partial charge in [-0.25, -0.2) is 9.97 Å². The number of carbonyl (C=O) groups is 1. The van der Waals surface area contributed by atoms with E-state index in [1.54, 1.807) is 34.7 Å². The molecular formula is C17H20N6OS. The minimum Gasteiger partial charge on any atom is -0.353 e. The first-order valence-electron chi connectivity index (χ1n) is 8.35. The van der Waals surface area contributed by atoms with Crippen molar-refractivity contribution in [1.29, 1.82) is 0 Å². The number of hydrogen-bond acceptors (Lipinski definition) is 6. The molecule has 0 saturated carbocycles. The fraction of sp³-hybridized carbons (Fsp3) is 0.412. The average molecular weight is 356 g/mol. The molecule has 0 aliphatic carbocycles. The summed E-state index contributed by atoms with van der Waals surface area (Å²) in [6.45, 7) is 3.78. The number of amides is 1. The Morgan fingerprint density at radius 1 is 1.40 bits per heavy atom. The summed E-state index contributed by atoms with van der Waals surface area (Å²) in [5.41, 5.74) is 2.80. The predicted octanol–water partition coefficient (Wildman–Crippen LogP) is 2.13. The number of nitrogens with zero attached hydrogens (tertiary/aromatic N) is 5. The van der Waals surface area contributed by atoms with Crippen LogP contribution in [0.4, 0.5) is 5.82 Å². The number of fused-ring (bicyclic) bond motifs is 1. The summed E-state index contributed by atoms with van der Waals surface area (Å²) in [5.74, 6) is 0.906. The maximum absolute atomic E-state index is 12.4. The van der Waals surface area contributed by atoms with Crippen LogP contribution in [0.25, 0.3) is 10.2 Å². The van der Waals surface area contributed by atoms with Crippen molar-refractivity contribution < 1.29 is 4.79 Å². The van der Waals surface area contributed by atoms with Gasteiger partial charge < -0.3 is 10.2 Å². The zero-order valence-corrected chi connectivity index (χ0v) is 15.1. The molecular weight excluding hydrogens is 336 g/mol. The van der Waals surface area contributed by atoms with Gasteiger partial charge in [0.2, 0.25) is 0 Å². The molecule has 1 atom stereocenters. The molecule has 3 aromatic heterocycles. The fourth-order valence-electron chi connectivity index (χ4n) is 3.28. The van der Waals surface area contributed by atoms with Gasteiger partial charge in [0.25, 0.3) is 5.91 Å². The number of aryl methyl sites for hydroxylation is 2. The maximum atomic E-state index is 12.4. The van der Waals surface area contributed by atoms with Crippen LogP contribution in [-0.4, -0.2) is 44.8 Å². The summed E-state index contributed by atoms with van der Waals surface area (Å²) in [6.07, 6.45) is 6.96. The van der Waals surface area contributed by atoms with Crippen molar-refractivity contribution in [3.05, 3.63) is 35.2 Å². The summed E-state index contributed by atoms with van der Waals surface area (Å²) in [7, 11) is 1.81. The van der Waals surface area contributed by atoms with Crippen LogP contribution < -0.4 is 10.2 Å². The second-order valence-corrected chi connectivity index (χ2v) is 7.33. The van der Waals surface area contributed by atoms with Crippen molar-refractivity contribution in [2.45, 2.75) is 25.8 Å². The lowest BCUT2D eigenvalue weighted by molar-refractivity contribution is 0.0933. The van der Waals surface area contributed by atoms with E-state index in [0.29, 0.717) is 5.56 Å². The van der Waals surface area contributed by atoms with E-state index in [4.69, 9.17) is 0 Å². The van der Waals surface area contributed by atoms with Gasteiger partial charge in [0.15, 0.2) is 0 Å². The van der Waals surface area contributed by atoms with E-state index in [0.717, 1.165) is 42.0 Å². The van der Waals surface area contributed by atoms with Gasteiger partial charge in [0.1, 0.15) is 12.1 Å². The molecule has 1 amide bonds. The first kappa shape index (κ1) is 16.0. The molecule has 1 aliphatic rings. The number of carbonyl (C=O) groups excluding carboxylic acids is 1. The van der Waals surface area contributed by atoms with Crippen molar-refractivity contribution in [3.63, 3.8) is 0 Å². The number of thiophene rings is 1. The van der Waals surface area contributed by atoms with Crippen LogP contribution in [0.5, 0.6) is 0 Å². The molecule has 4 heterocycles. The highest BCUT2D eigenvalue weighted by molar-refractivity contribution is 7.18. The van der Waals surface area contributed by atoms with Crippen LogP contribution >= 0.6 is 11.3 Å². The van der Waals surface area contributed by atoms with Crippen molar-refractivity contribution in [2.24, 2.45) is 7.05 Å². The summed E-state index contributed by atoms with van der Waals surface area (Å²) in [5, 5.41) is 9.31. The van der Waals surface area contributed by atoms with Gasteiger partial charge in [-0.1, -0.05) is 0 Å². The van der Waals surface area contributed by atoms with Gasteiger partial charge in [-0.05, 0) is 30.7 Å². The van der Waals surface area contributed by atoms with Crippen LogP contribution in [0.1, 0.15) is 28.8 Å². The lowest BCUT2D eigenvalue weighted by Crippen LogP contribution is -2.48. The van der Waals surface area contributed by atoms with Crippen molar-refractivity contribution in [3.8, 4) is 0 Å². The van der Waals surface area contributed by atoms with Crippen LogP contribution in [0, 0.1) is 6.92 Å². The van der Waals surface area contributed by atoms with E-state index in [1.165, 1.54) is 5.56 Å². The first-order valence-corrected chi connectivity index (χ1v) is 9.23. The minimum atomic E-state index is -0.0697. The average Bonchev–Trinajstić information content (AvgIpc) is 3.21. The smallest absolute Gasteiger partial charge is 0.254 e. The van der Waals surface area contributed by atoms with Crippen LogP contribution in [0.15, 0.2) is 24.1 Å². The van der Waals surface area contributed by atoms with E-state index in [9.17, 15) is 4.79 Å². The van der Waals surface area contributed by atoms with E-state index in [2.05, 4.69) is 37.6 Å². The summed E-state index contributed by atoms with van der Waals surface area (Å²) >= 11 is 1.68. The lowest BCUT2D eigenvalue weighted by atomic mass is 10.1. The number of nitrogens with one attached hydrogen (secondary N) is 1. The topological polar surface area (TPSA) is 75.9 Å². The molecule has 7 nitrogen and oxygen atoms in total. The number of aromatic nitrogens is 4. The molecule has 130 valence electrons. The van der Waals surface area contributed by atoms with E-state index < -0.39 is 0 Å². The van der Waals surface area contributed by atoms with Gasteiger partial charge in [0, 0.05) is 32.4 Å². The van der Waals surface area contributed by atoms with Crippen molar-refractivity contribution in [1.82, 2.24) is 25.1 Å². The highest BCUT2D eigenvalue weighted by Gasteiger charge is 2.25. The van der Waals surface area contributed by atoms with Crippen molar-refractivity contribution in [2.75, 3.05) is 18.0 Å². The number of piperidine rings is 1. The molecule has 0 spiro atoms. The third-order valence-corrected chi connectivity index (χ3v) is 5.62. The Morgan fingerprint density at radius 3 is 3.08 bits per heavy atom. The Bertz CT molecular complexity index is 917. The second-order valence-electron chi connectivity index (χ2n) is 6.46. The van der Waals surface area contributed by atoms with Gasteiger partial charge in [-0.2, -0.15) is 5.10 Å². The molecule has 25 heavy (non-hydrogen) atoms. The molecule has 4 rings (SSSR count). The maximum Gasteiger partial charge on any atom is 0.254 e. The standard InChI is InChI=1S/C17H20N6OS/c1-11-9-25-15-14(11)18-10-19-16(15)23-5-3-4-13(8-23)21-17(24)12-6-20-22(2)7-12/h6-7,9-10,13H,3-5,8H2,1-2H3,(H,21,24). The predicted molar refractivity (Wildman–Crippen MR) is 98.1 cm³/mol. The molecule has 3 aromatic rings. The molecule has 1 aliphatic heterocycles. The molecule has 1 unspecified atom stereocenters. The van der Waals surface area contributed by atoms with Crippen LogP contribution in [0.3, 0.4) is 0 Å². The van der Waals surface area contributed by atoms with Crippen LogP contribution in [0.2, 0.25) is 0 Å². The first-order chi connectivity index (χ1) is 12.1. The van der Waals surface area contributed by atoms with E-state index in [-0.39, 0.29) is 11.9 Å². The van der Waals surface area contributed by atoms with Crippen LogP contribution in [-0.2, 0) is 7.05 Å². The van der Waals surface area contributed by atoms with E-state index >= 15 is 0 Å². The highest BCUT2D eigenvalue weighted by Crippen LogP contribution is 2.32. The zero-order valence-electron chi connectivity index (χ0n) is 14.3. The lowest BCUT2D eigenvalue weighted by Gasteiger charge is -2.34.